The van der Waals surface area contributed by atoms with E-state index >= 15 is 0 Å². The van der Waals surface area contributed by atoms with Gasteiger partial charge in [-0.05, 0) is 50.6 Å². The molecule has 6 heteroatoms. The summed E-state index contributed by atoms with van der Waals surface area (Å²) in [6.07, 6.45) is 6.15. The predicted octanol–water partition coefficient (Wildman–Crippen LogP) is 4.24. The molecule has 1 aliphatic heterocycles. The van der Waals surface area contributed by atoms with E-state index in [1.807, 2.05) is 80.6 Å². The Bertz CT molecular complexity index is 1040. The van der Waals surface area contributed by atoms with Gasteiger partial charge in [0, 0.05) is 35.8 Å². The topological polar surface area (TPSA) is 87.3 Å². The average molecular weight is 430 g/mol. The fourth-order valence-electron chi connectivity index (χ4n) is 4.42. The van der Waals surface area contributed by atoms with E-state index in [2.05, 4.69) is 16.0 Å². The number of carbonyl (C=O) groups excluding carboxylic acids is 3. The van der Waals surface area contributed by atoms with Gasteiger partial charge >= 0.3 is 0 Å². The molecule has 1 atom stereocenters. The van der Waals surface area contributed by atoms with Crippen LogP contribution >= 0.6 is 0 Å². The van der Waals surface area contributed by atoms with Gasteiger partial charge in [0.05, 0.1) is 5.41 Å². The number of hydrogen-bond acceptors (Lipinski definition) is 3. The molecule has 32 heavy (non-hydrogen) atoms. The summed E-state index contributed by atoms with van der Waals surface area (Å²) in [6.45, 7) is 3.95. The molecule has 0 bridgehead atoms. The van der Waals surface area contributed by atoms with Crippen LogP contribution in [0.4, 0.5) is 11.4 Å². The lowest BCUT2D eigenvalue weighted by molar-refractivity contribution is -0.137. The van der Waals surface area contributed by atoms with Crippen molar-refractivity contribution < 1.29 is 14.4 Å². The molecule has 3 N–H and O–H groups in total. The van der Waals surface area contributed by atoms with Crippen molar-refractivity contribution in [3.63, 3.8) is 0 Å². The average Bonchev–Trinajstić information content (AvgIpc) is 3.02. The van der Waals surface area contributed by atoms with Crippen molar-refractivity contribution in [2.45, 2.75) is 33.1 Å². The Morgan fingerprint density at radius 2 is 1.41 bits per heavy atom. The Morgan fingerprint density at radius 3 is 1.91 bits per heavy atom. The highest BCUT2D eigenvalue weighted by Gasteiger charge is 2.54. The van der Waals surface area contributed by atoms with Crippen molar-refractivity contribution in [3.8, 4) is 0 Å². The van der Waals surface area contributed by atoms with Gasteiger partial charge in [0.1, 0.15) is 0 Å². The third-order valence-corrected chi connectivity index (χ3v) is 6.16. The van der Waals surface area contributed by atoms with E-state index in [-0.39, 0.29) is 36.5 Å². The molecular formula is C26H27N3O3. The number of hydrogen-bond donors (Lipinski definition) is 3. The summed E-state index contributed by atoms with van der Waals surface area (Å²) >= 11 is 0. The van der Waals surface area contributed by atoms with Crippen LogP contribution in [0.5, 0.6) is 0 Å². The van der Waals surface area contributed by atoms with Crippen LogP contribution in [-0.4, -0.2) is 17.7 Å². The summed E-state index contributed by atoms with van der Waals surface area (Å²) in [4.78, 5) is 39.2. The van der Waals surface area contributed by atoms with Crippen LogP contribution in [0.3, 0.4) is 0 Å². The van der Waals surface area contributed by atoms with Crippen LogP contribution < -0.4 is 16.0 Å². The Morgan fingerprint density at radius 1 is 0.906 bits per heavy atom. The van der Waals surface area contributed by atoms with Crippen LogP contribution in [0.15, 0.2) is 72.5 Å². The molecule has 1 heterocycles. The summed E-state index contributed by atoms with van der Waals surface area (Å²) in [5.74, 6) is -1.10. The molecule has 1 aliphatic carbocycles. The van der Waals surface area contributed by atoms with Crippen molar-refractivity contribution in [3.05, 3.63) is 83.6 Å². The van der Waals surface area contributed by atoms with Crippen molar-refractivity contribution >= 4 is 29.1 Å². The fourth-order valence-corrected chi connectivity index (χ4v) is 4.42. The minimum Gasteiger partial charge on any atom is -0.329 e. The maximum atomic E-state index is 13.2. The Labute approximate surface area is 187 Å². The maximum Gasteiger partial charge on any atom is 0.232 e. The molecule has 0 saturated carbocycles. The quantitative estimate of drug-likeness (QED) is 0.642. The van der Waals surface area contributed by atoms with Gasteiger partial charge in [-0.2, -0.15) is 0 Å². The minimum absolute atomic E-state index is 0.0795. The number of allylic oxidation sites excluding steroid dienone is 4. The monoisotopic (exact) mass is 429 g/mol. The van der Waals surface area contributed by atoms with Crippen molar-refractivity contribution in [1.29, 1.82) is 0 Å². The second-order valence-electron chi connectivity index (χ2n) is 8.63. The van der Waals surface area contributed by atoms with Gasteiger partial charge in [-0.1, -0.05) is 47.5 Å². The van der Waals surface area contributed by atoms with E-state index in [4.69, 9.17) is 0 Å². The molecule has 1 unspecified atom stereocenters. The smallest absolute Gasteiger partial charge is 0.232 e. The molecule has 0 aromatic heterocycles. The summed E-state index contributed by atoms with van der Waals surface area (Å²) < 4.78 is 0. The third-order valence-electron chi connectivity index (χ3n) is 6.16. The molecule has 6 nitrogen and oxygen atoms in total. The van der Waals surface area contributed by atoms with E-state index in [0.717, 1.165) is 16.8 Å². The molecule has 1 fully saturated rings. The number of benzene rings is 2. The molecule has 2 aliphatic rings. The maximum absolute atomic E-state index is 13.2. The highest BCUT2D eigenvalue weighted by atomic mass is 16.2. The number of anilines is 2. The van der Waals surface area contributed by atoms with Crippen LogP contribution in [0, 0.1) is 25.2 Å². The van der Waals surface area contributed by atoms with Crippen LogP contribution in [-0.2, 0) is 14.4 Å². The highest BCUT2D eigenvalue weighted by Crippen LogP contribution is 2.47. The first kappa shape index (κ1) is 21.6. The molecule has 0 spiro atoms. The first-order valence-corrected chi connectivity index (χ1v) is 10.8. The molecule has 1 saturated heterocycles. The lowest BCUT2D eigenvalue weighted by atomic mass is 9.68. The lowest BCUT2D eigenvalue weighted by Crippen LogP contribution is -2.41. The highest BCUT2D eigenvalue weighted by molar-refractivity contribution is 6.02. The van der Waals surface area contributed by atoms with E-state index in [9.17, 15) is 14.4 Å². The van der Waals surface area contributed by atoms with Gasteiger partial charge < -0.3 is 16.0 Å². The number of amides is 3. The SMILES string of the molecule is Cc1ccc(NC(=O)CC2(CC(=O)Nc3ccc(C)cc3)C(=O)NC3=CC=CCC32)cc1. The largest absolute Gasteiger partial charge is 0.329 e. The number of carbonyl (C=O) groups is 3. The molecule has 2 aromatic carbocycles. The van der Waals surface area contributed by atoms with Crippen molar-refractivity contribution in [2.24, 2.45) is 11.3 Å². The fraction of sp³-hybridized carbons (Fsp3) is 0.269. The predicted molar refractivity (Wildman–Crippen MR) is 125 cm³/mol. The van der Waals surface area contributed by atoms with Crippen molar-refractivity contribution in [1.82, 2.24) is 5.32 Å². The van der Waals surface area contributed by atoms with E-state index in [0.29, 0.717) is 17.8 Å². The van der Waals surface area contributed by atoms with E-state index in [1.165, 1.54) is 0 Å². The van der Waals surface area contributed by atoms with Gasteiger partial charge in [-0.25, -0.2) is 0 Å². The lowest BCUT2D eigenvalue weighted by Gasteiger charge is -2.32. The Balaban J connectivity index is 1.56. The summed E-state index contributed by atoms with van der Waals surface area (Å²) in [7, 11) is 0. The molecule has 0 radical (unpaired) electrons. The standard InChI is InChI=1S/C26H27N3O3/c1-17-7-11-19(12-8-17)27-23(30)15-26(21-5-3-4-6-22(21)29-25(26)32)16-24(31)28-20-13-9-18(2)10-14-20/h3-4,6-14,21H,5,15-16H2,1-2H3,(H,27,30)(H,28,31)(H,29,32). The molecule has 164 valence electrons. The van der Waals surface area contributed by atoms with Crippen LogP contribution in [0.1, 0.15) is 30.4 Å². The van der Waals surface area contributed by atoms with Crippen molar-refractivity contribution in [2.75, 3.05) is 10.6 Å². The zero-order valence-electron chi connectivity index (χ0n) is 18.3. The van der Waals surface area contributed by atoms with E-state index < -0.39 is 5.41 Å². The van der Waals surface area contributed by atoms with Gasteiger partial charge in [-0.15, -0.1) is 0 Å². The van der Waals surface area contributed by atoms with Crippen LogP contribution in [0.2, 0.25) is 0 Å². The molecule has 3 amide bonds. The Kier molecular flexibility index (Phi) is 5.95. The number of rotatable bonds is 6. The molecular weight excluding hydrogens is 402 g/mol. The second kappa shape index (κ2) is 8.83. The second-order valence-corrected chi connectivity index (χ2v) is 8.63. The van der Waals surface area contributed by atoms with Gasteiger partial charge in [0.25, 0.3) is 0 Å². The first-order valence-electron chi connectivity index (χ1n) is 10.8. The van der Waals surface area contributed by atoms with Gasteiger partial charge in [0.2, 0.25) is 17.7 Å². The summed E-state index contributed by atoms with van der Waals surface area (Å²) in [5.41, 5.74) is 3.12. The summed E-state index contributed by atoms with van der Waals surface area (Å²) in [5, 5.41) is 8.67. The van der Waals surface area contributed by atoms with E-state index in [1.54, 1.807) is 0 Å². The third kappa shape index (κ3) is 4.49. The Hall–Kier alpha value is -3.67. The number of aryl methyl sites for hydroxylation is 2. The summed E-state index contributed by atoms with van der Waals surface area (Å²) in [6, 6.07) is 15.0. The number of nitrogens with one attached hydrogen (secondary N) is 3. The van der Waals surface area contributed by atoms with Crippen LogP contribution in [0.25, 0.3) is 0 Å². The van der Waals surface area contributed by atoms with Gasteiger partial charge in [-0.3, -0.25) is 14.4 Å². The zero-order chi connectivity index (χ0) is 22.7. The molecule has 4 rings (SSSR count). The zero-order valence-corrected chi connectivity index (χ0v) is 18.3. The normalized spacial score (nSPS) is 18.4. The first-order chi connectivity index (χ1) is 15.4. The number of fused-ring (bicyclic) bond motifs is 1. The minimum atomic E-state index is -1.15. The van der Waals surface area contributed by atoms with Gasteiger partial charge in [0.15, 0.2) is 0 Å². The molecule has 2 aromatic rings.